The van der Waals surface area contributed by atoms with Gasteiger partial charge in [0.05, 0.1) is 6.04 Å². The van der Waals surface area contributed by atoms with Crippen molar-refractivity contribution in [2.75, 3.05) is 13.2 Å². The number of carbonyl (C=O) groups excluding carboxylic acids is 2. The molecule has 0 bridgehead atoms. The lowest BCUT2D eigenvalue weighted by atomic mass is 9.87. The molecule has 0 aliphatic carbocycles. The fraction of sp³-hybridized carbons (Fsp3) is 0.167. The minimum Gasteiger partial charge on any atom is -0.484 e. The Labute approximate surface area is 210 Å². The third kappa shape index (κ3) is 5.28. The topological polar surface area (TPSA) is 71.5 Å². The third-order valence-electron chi connectivity index (χ3n) is 6.35. The number of benzene rings is 3. The second-order valence-corrected chi connectivity index (χ2v) is 8.71. The monoisotopic (exact) mass is 477 g/mol. The van der Waals surface area contributed by atoms with Gasteiger partial charge in [0, 0.05) is 31.0 Å². The predicted octanol–water partition coefficient (Wildman–Crippen LogP) is 4.56. The Hall–Kier alpha value is -4.45. The summed E-state index contributed by atoms with van der Waals surface area (Å²) in [6.07, 6.45) is 4.14. The second kappa shape index (κ2) is 10.9. The minimum atomic E-state index is -0.244. The van der Waals surface area contributed by atoms with Gasteiger partial charge in [-0.15, -0.1) is 0 Å². The molecule has 0 radical (unpaired) electrons. The zero-order valence-corrected chi connectivity index (χ0v) is 19.8. The van der Waals surface area contributed by atoms with Gasteiger partial charge < -0.3 is 15.0 Å². The van der Waals surface area contributed by atoms with E-state index in [-0.39, 0.29) is 24.5 Å². The normalized spacial score (nSPS) is 14.6. The van der Waals surface area contributed by atoms with E-state index >= 15 is 0 Å². The van der Waals surface area contributed by atoms with Crippen LogP contribution in [0.3, 0.4) is 0 Å². The lowest BCUT2D eigenvalue weighted by Gasteiger charge is -2.38. The van der Waals surface area contributed by atoms with Gasteiger partial charge in [-0.2, -0.15) is 0 Å². The molecule has 0 saturated heterocycles. The highest BCUT2D eigenvalue weighted by molar-refractivity contribution is 5.95. The molecule has 2 heterocycles. The molecule has 1 N–H and O–H groups in total. The molecule has 36 heavy (non-hydrogen) atoms. The molecule has 3 aromatic carbocycles. The number of carbonyl (C=O) groups is 2. The van der Waals surface area contributed by atoms with E-state index in [2.05, 4.69) is 10.3 Å². The van der Waals surface area contributed by atoms with Gasteiger partial charge in [0.25, 0.3) is 11.8 Å². The number of hydrogen-bond donors (Lipinski definition) is 1. The highest BCUT2D eigenvalue weighted by Gasteiger charge is 2.32. The lowest BCUT2D eigenvalue weighted by molar-refractivity contribution is -0.123. The Morgan fingerprint density at radius 1 is 0.917 bits per heavy atom. The molecule has 0 fully saturated rings. The van der Waals surface area contributed by atoms with Crippen LogP contribution in [0.25, 0.3) is 0 Å². The molecule has 1 unspecified atom stereocenters. The van der Waals surface area contributed by atoms with Crippen LogP contribution in [0.15, 0.2) is 103 Å². The zero-order valence-electron chi connectivity index (χ0n) is 19.8. The first kappa shape index (κ1) is 23.3. The van der Waals surface area contributed by atoms with Gasteiger partial charge in [0.2, 0.25) is 0 Å². The summed E-state index contributed by atoms with van der Waals surface area (Å²) in [5.41, 5.74) is 4.87. The summed E-state index contributed by atoms with van der Waals surface area (Å²) >= 11 is 0. The van der Waals surface area contributed by atoms with Crippen LogP contribution in [0, 0.1) is 0 Å². The number of pyridine rings is 1. The summed E-state index contributed by atoms with van der Waals surface area (Å²) < 4.78 is 5.86. The van der Waals surface area contributed by atoms with E-state index in [1.54, 1.807) is 12.4 Å². The molecular formula is C30H27N3O3. The van der Waals surface area contributed by atoms with Crippen molar-refractivity contribution < 1.29 is 14.3 Å². The minimum absolute atomic E-state index is 0.00286. The van der Waals surface area contributed by atoms with E-state index in [4.69, 9.17) is 4.74 Å². The number of nitrogens with one attached hydrogen (secondary N) is 1. The lowest BCUT2D eigenvalue weighted by Crippen LogP contribution is -2.40. The molecule has 5 rings (SSSR count). The smallest absolute Gasteiger partial charge is 0.258 e. The Morgan fingerprint density at radius 2 is 1.64 bits per heavy atom. The number of nitrogens with zero attached hydrogens (tertiary/aromatic N) is 2. The quantitative estimate of drug-likeness (QED) is 0.424. The number of amides is 2. The second-order valence-electron chi connectivity index (χ2n) is 8.71. The maximum absolute atomic E-state index is 13.5. The van der Waals surface area contributed by atoms with E-state index in [1.165, 1.54) is 5.56 Å². The van der Waals surface area contributed by atoms with Crippen LogP contribution in [0.5, 0.6) is 5.75 Å². The fourth-order valence-corrected chi connectivity index (χ4v) is 4.54. The number of rotatable bonds is 7. The first-order valence-electron chi connectivity index (χ1n) is 12.0. The van der Waals surface area contributed by atoms with E-state index in [1.807, 2.05) is 95.9 Å². The first-order valence-corrected chi connectivity index (χ1v) is 12.0. The molecule has 6 heteroatoms. The van der Waals surface area contributed by atoms with E-state index in [9.17, 15) is 9.59 Å². The molecule has 1 aliphatic heterocycles. The SMILES string of the molecule is O=C(COc1ccc2c(c1)C(c1ccccc1)N(C(=O)c1ccccc1)CC2)NCc1ccncc1. The standard InChI is InChI=1S/C30H27N3O3/c34-28(32-20-22-13-16-31-17-14-22)21-36-26-12-11-23-15-18-33(30(35)25-9-5-2-6-10-25)29(27(23)19-26)24-7-3-1-4-8-24/h1-14,16-17,19,29H,15,18,20-21H2,(H,32,34). The van der Waals surface area contributed by atoms with Gasteiger partial charge in [0.1, 0.15) is 5.75 Å². The summed E-state index contributed by atoms with van der Waals surface area (Å²) in [6, 6.07) is 28.8. The molecule has 0 spiro atoms. The number of aromatic nitrogens is 1. The Bertz CT molecular complexity index is 1330. The van der Waals surface area contributed by atoms with Crippen molar-refractivity contribution in [1.82, 2.24) is 15.2 Å². The van der Waals surface area contributed by atoms with Crippen molar-refractivity contribution in [1.29, 1.82) is 0 Å². The average molecular weight is 478 g/mol. The van der Waals surface area contributed by atoms with Crippen molar-refractivity contribution in [2.24, 2.45) is 0 Å². The van der Waals surface area contributed by atoms with Crippen molar-refractivity contribution >= 4 is 11.8 Å². The number of ether oxygens (including phenoxy) is 1. The van der Waals surface area contributed by atoms with Crippen LogP contribution in [-0.4, -0.2) is 34.8 Å². The van der Waals surface area contributed by atoms with Crippen molar-refractivity contribution in [3.8, 4) is 5.75 Å². The Morgan fingerprint density at radius 3 is 2.39 bits per heavy atom. The molecule has 180 valence electrons. The number of fused-ring (bicyclic) bond motifs is 1. The van der Waals surface area contributed by atoms with E-state index in [0.717, 1.165) is 23.1 Å². The van der Waals surface area contributed by atoms with Gasteiger partial charge >= 0.3 is 0 Å². The fourth-order valence-electron chi connectivity index (χ4n) is 4.54. The molecule has 1 atom stereocenters. The molecule has 6 nitrogen and oxygen atoms in total. The van der Waals surface area contributed by atoms with Gasteiger partial charge in [0.15, 0.2) is 6.61 Å². The van der Waals surface area contributed by atoms with Gasteiger partial charge in [-0.05, 0) is 65.1 Å². The maximum Gasteiger partial charge on any atom is 0.258 e. The molecule has 4 aromatic rings. The summed E-state index contributed by atoms with van der Waals surface area (Å²) in [7, 11) is 0. The van der Waals surface area contributed by atoms with Crippen molar-refractivity contribution in [3.05, 3.63) is 131 Å². The summed E-state index contributed by atoms with van der Waals surface area (Å²) in [6.45, 7) is 0.950. The summed E-state index contributed by atoms with van der Waals surface area (Å²) in [4.78, 5) is 31.8. The third-order valence-corrected chi connectivity index (χ3v) is 6.35. The van der Waals surface area contributed by atoms with Crippen LogP contribution < -0.4 is 10.1 Å². The van der Waals surface area contributed by atoms with E-state index < -0.39 is 0 Å². The Kier molecular flexibility index (Phi) is 7.03. The highest BCUT2D eigenvalue weighted by Crippen LogP contribution is 2.38. The maximum atomic E-state index is 13.5. The van der Waals surface area contributed by atoms with Gasteiger partial charge in [-0.1, -0.05) is 54.6 Å². The van der Waals surface area contributed by atoms with E-state index in [0.29, 0.717) is 24.4 Å². The van der Waals surface area contributed by atoms with Crippen molar-refractivity contribution in [3.63, 3.8) is 0 Å². The number of hydrogen-bond acceptors (Lipinski definition) is 4. The van der Waals surface area contributed by atoms with Crippen LogP contribution in [0.2, 0.25) is 0 Å². The van der Waals surface area contributed by atoms with Crippen molar-refractivity contribution in [2.45, 2.75) is 19.0 Å². The van der Waals surface area contributed by atoms with Crippen LogP contribution >= 0.6 is 0 Å². The molecule has 2 amide bonds. The first-order chi connectivity index (χ1) is 17.7. The highest BCUT2D eigenvalue weighted by atomic mass is 16.5. The van der Waals surface area contributed by atoms with Crippen LogP contribution in [0.1, 0.15) is 38.7 Å². The average Bonchev–Trinajstić information content (AvgIpc) is 2.95. The van der Waals surface area contributed by atoms with Crippen LogP contribution in [-0.2, 0) is 17.8 Å². The van der Waals surface area contributed by atoms with Gasteiger partial charge in [-0.3, -0.25) is 14.6 Å². The Balaban J connectivity index is 1.36. The van der Waals surface area contributed by atoms with Gasteiger partial charge in [-0.25, -0.2) is 0 Å². The largest absolute Gasteiger partial charge is 0.484 e. The predicted molar refractivity (Wildman–Crippen MR) is 137 cm³/mol. The molecule has 1 aliphatic rings. The van der Waals surface area contributed by atoms with Crippen LogP contribution in [0.4, 0.5) is 0 Å². The molecular weight excluding hydrogens is 450 g/mol. The zero-order chi connectivity index (χ0) is 24.7. The summed E-state index contributed by atoms with van der Waals surface area (Å²) in [5, 5.41) is 2.86. The molecule has 1 aromatic heterocycles. The summed E-state index contributed by atoms with van der Waals surface area (Å²) in [5.74, 6) is 0.393. The molecule has 0 saturated carbocycles.